The molecule has 2 aromatic carbocycles. The summed E-state index contributed by atoms with van der Waals surface area (Å²) < 4.78 is 41.9. The normalized spacial score (nSPS) is 11.6. The van der Waals surface area contributed by atoms with Crippen molar-refractivity contribution in [3.05, 3.63) is 70.2 Å². The highest BCUT2D eigenvalue weighted by Crippen LogP contribution is 2.32. The molecule has 4 rings (SSSR count). The summed E-state index contributed by atoms with van der Waals surface area (Å²) in [5.74, 6) is -1.87. The molecule has 182 valence electrons. The van der Waals surface area contributed by atoms with Crippen molar-refractivity contribution in [2.75, 3.05) is 5.32 Å². The summed E-state index contributed by atoms with van der Waals surface area (Å²) in [5.41, 5.74) is 7.07. The van der Waals surface area contributed by atoms with Gasteiger partial charge >= 0.3 is 6.18 Å². The fourth-order valence-corrected chi connectivity index (χ4v) is 3.94. The molecule has 0 aliphatic carbocycles. The molecular weight excluding hydrogens is 506 g/mol. The first-order valence-corrected chi connectivity index (χ1v) is 11.1. The molecule has 0 aliphatic rings. The number of halogens is 5. The minimum atomic E-state index is -4.65. The summed E-state index contributed by atoms with van der Waals surface area (Å²) >= 11 is 12.5. The van der Waals surface area contributed by atoms with Gasteiger partial charge < -0.3 is 11.1 Å². The third kappa shape index (κ3) is 5.10. The van der Waals surface area contributed by atoms with Crippen molar-refractivity contribution in [3.8, 4) is 17.1 Å². The van der Waals surface area contributed by atoms with Crippen LogP contribution < -0.4 is 11.1 Å². The van der Waals surface area contributed by atoms with E-state index in [1.807, 2.05) is 6.92 Å². The van der Waals surface area contributed by atoms with Crippen LogP contribution in [0.15, 0.2) is 48.7 Å². The van der Waals surface area contributed by atoms with E-state index in [0.29, 0.717) is 33.4 Å². The molecule has 0 spiro atoms. The number of para-hydroxylation sites is 1. The molecule has 4 aromatic rings. The zero-order valence-corrected chi connectivity index (χ0v) is 19.7. The molecule has 0 bridgehead atoms. The van der Waals surface area contributed by atoms with Gasteiger partial charge in [0.05, 0.1) is 21.9 Å². The molecule has 0 radical (unpaired) electrons. The predicted molar refractivity (Wildman–Crippen MR) is 126 cm³/mol. The van der Waals surface area contributed by atoms with Gasteiger partial charge in [0.1, 0.15) is 5.69 Å². The predicted octanol–water partition coefficient (Wildman–Crippen LogP) is 5.71. The lowest BCUT2D eigenvalue weighted by Crippen LogP contribution is -2.14. The number of nitrogens with two attached hydrogens (primary N) is 1. The highest BCUT2D eigenvalue weighted by molar-refractivity contribution is 6.37. The minimum absolute atomic E-state index is 0.0532. The number of aryl methyl sites for hydroxylation is 1. The van der Waals surface area contributed by atoms with Gasteiger partial charge in [-0.05, 0) is 42.8 Å². The molecule has 0 unspecified atom stereocenters. The molecule has 35 heavy (non-hydrogen) atoms. The molecule has 0 saturated heterocycles. The molecule has 2 aromatic heterocycles. The third-order valence-corrected chi connectivity index (χ3v) is 5.51. The second kappa shape index (κ2) is 9.59. The molecule has 0 atom stereocenters. The van der Waals surface area contributed by atoms with Crippen molar-refractivity contribution < 1.29 is 18.0 Å². The molecule has 0 aliphatic heterocycles. The molecule has 1 amide bonds. The second-order valence-corrected chi connectivity index (χ2v) is 8.27. The molecule has 8 nitrogen and oxygen atoms in total. The van der Waals surface area contributed by atoms with E-state index < -0.39 is 17.9 Å². The summed E-state index contributed by atoms with van der Waals surface area (Å²) in [6.45, 7) is 2.11. The number of nitrogens with one attached hydrogen (secondary N) is 1. The number of anilines is 2. The number of aromatic nitrogens is 5. The van der Waals surface area contributed by atoms with Crippen LogP contribution in [0.5, 0.6) is 0 Å². The Hall–Kier alpha value is -3.57. The van der Waals surface area contributed by atoms with E-state index in [9.17, 15) is 18.0 Å². The van der Waals surface area contributed by atoms with Crippen molar-refractivity contribution >= 4 is 40.5 Å². The Morgan fingerprint density at radius 2 is 1.74 bits per heavy atom. The number of hydrogen-bond acceptors (Lipinski definition) is 5. The molecular formula is C22H18Cl2F3N7O. The molecule has 0 fully saturated rings. The Labute approximate surface area is 207 Å². The monoisotopic (exact) mass is 523 g/mol. The summed E-state index contributed by atoms with van der Waals surface area (Å²) in [5, 5.41) is 11.5. The van der Waals surface area contributed by atoms with Crippen LogP contribution >= 0.6 is 23.2 Å². The van der Waals surface area contributed by atoms with E-state index in [4.69, 9.17) is 28.9 Å². The number of benzene rings is 2. The zero-order valence-electron chi connectivity index (χ0n) is 18.1. The Morgan fingerprint density at radius 3 is 2.31 bits per heavy atom. The number of carbonyl (C=O) groups is 1. The van der Waals surface area contributed by atoms with E-state index >= 15 is 0 Å². The summed E-state index contributed by atoms with van der Waals surface area (Å²) in [7, 11) is 0. The number of alkyl halides is 3. The van der Waals surface area contributed by atoms with Crippen LogP contribution in [-0.2, 0) is 12.7 Å². The fourth-order valence-electron chi connectivity index (χ4n) is 3.37. The van der Waals surface area contributed by atoms with Crippen LogP contribution in [0.1, 0.15) is 29.7 Å². The number of primary amides is 1. The topological polar surface area (TPSA) is 104 Å². The van der Waals surface area contributed by atoms with Gasteiger partial charge in [-0.3, -0.25) is 4.79 Å². The highest BCUT2D eigenvalue weighted by Gasteiger charge is 2.37. The highest BCUT2D eigenvalue weighted by atomic mass is 35.5. The van der Waals surface area contributed by atoms with Gasteiger partial charge in [-0.25, -0.2) is 14.3 Å². The lowest BCUT2D eigenvalue weighted by Gasteiger charge is -2.08. The number of hydrogen-bond donors (Lipinski definition) is 2. The van der Waals surface area contributed by atoms with Crippen LogP contribution in [0.4, 0.5) is 24.5 Å². The standard InChI is InChI=1S/C22H18Cl2F3N7O/c1-2-10-33-20(30-21(32-33)22(25,26)27)12-6-8-13(9-7-12)29-16-11-34(31-17(16)19(28)35)18-14(23)4-3-5-15(18)24/h3-9,11,29H,2,10H2,1H3,(H2,28,35). The second-order valence-electron chi connectivity index (χ2n) is 7.45. The number of amides is 1. The van der Waals surface area contributed by atoms with Crippen molar-refractivity contribution in [1.29, 1.82) is 0 Å². The molecule has 0 saturated carbocycles. The molecule has 3 N–H and O–H groups in total. The minimum Gasteiger partial charge on any atom is -0.364 e. The lowest BCUT2D eigenvalue weighted by atomic mass is 10.2. The first-order chi connectivity index (χ1) is 16.6. The van der Waals surface area contributed by atoms with E-state index in [-0.39, 0.29) is 23.8 Å². The van der Waals surface area contributed by atoms with Crippen molar-refractivity contribution in [2.45, 2.75) is 26.1 Å². The van der Waals surface area contributed by atoms with Gasteiger partial charge in [-0.15, -0.1) is 5.10 Å². The number of carbonyl (C=O) groups excluding carboxylic acids is 1. The van der Waals surface area contributed by atoms with Gasteiger partial charge in [-0.2, -0.15) is 18.3 Å². The number of rotatable bonds is 7. The average Bonchev–Trinajstić information content (AvgIpc) is 3.39. The van der Waals surface area contributed by atoms with Gasteiger partial charge in [0.25, 0.3) is 11.7 Å². The summed E-state index contributed by atoms with van der Waals surface area (Å²) in [6.07, 6.45) is -2.55. The Morgan fingerprint density at radius 1 is 1.09 bits per heavy atom. The summed E-state index contributed by atoms with van der Waals surface area (Å²) in [4.78, 5) is 15.7. The van der Waals surface area contributed by atoms with E-state index in [1.165, 1.54) is 15.6 Å². The maximum atomic E-state index is 13.1. The van der Waals surface area contributed by atoms with E-state index in [2.05, 4.69) is 20.5 Å². The largest absolute Gasteiger partial charge is 0.453 e. The Bertz CT molecular complexity index is 1360. The molecule has 2 heterocycles. The third-order valence-electron chi connectivity index (χ3n) is 4.90. The van der Waals surface area contributed by atoms with Crippen molar-refractivity contribution in [3.63, 3.8) is 0 Å². The SMILES string of the molecule is CCCn1nc(C(F)(F)F)nc1-c1ccc(Nc2cn(-c3c(Cl)cccc3Cl)nc2C(N)=O)cc1. The van der Waals surface area contributed by atoms with Gasteiger partial charge in [0, 0.05) is 17.8 Å². The van der Waals surface area contributed by atoms with Crippen LogP contribution in [0.2, 0.25) is 10.0 Å². The smallest absolute Gasteiger partial charge is 0.364 e. The van der Waals surface area contributed by atoms with Crippen LogP contribution in [0.3, 0.4) is 0 Å². The number of nitrogens with zero attached hydrogens (tertiary/aromatic N) is 5. The quantitative estimate of drug-likeness (QED) is 0.323. The Kier molecular flexibility index (Phi) is 6.73. The zero-order chi connectivity index (χ0) is 25.3. The first kappa shape index (κ1) is 24.6. The maximum Gasteiger partial charge on any atom is 0.453 e. The van der Waals surface area contributed by atoms with Crippen LogP contribution in [-0.4, -0.2) is 30.5 Å². The summed E-state index contributed by atoms with van der Waals surface area (Å²) in [6, 6.07) is 11.4. The first-order valence-electron chi connectivity index (χ1n) is 10.3. The van der Waals surface area contributed by atoms with Gasteiger partial charge in [-0.1, -0.05) is 36.2 Å². The fraction of sp³-hybridized carbons (Fsp3) is 0.182. The maximum absolute atomic E-state index is 13.1. The van der Waals surface area contributed by atoms with Crippen LogP contribution in [0.25, 0.3) is 17.1 Å². The average molecular weight is 524 g/mol. The van der Waals surface area contributed by atoms with Gasteiger partial charge in [0.2, 0.25) is 0 Å². The lowest BCUT2D eigenvalue weighted by molar-refractivity contribution is -0.145. The van der Waals surface area contributed by atoms with E-state index in [1.54, 1.807) is 42.5 Å². The van der Waals surface area contributed by atoms with Gasteiger partial charge in [0.15, 0.2) is 11.5 Å². The Balaban J connectivity index is 1.65. The van der Waals surface area contributed by atoms with Crippen molar-refractivity contribution in [2.24, 2.45) is 5.73 Å². The van der Waals surface area contributed by atoms with E-state index in [0.717, 1.165) is 0 Å². The van der Waals surface area contributed by atoms with Crippen LogP contribution in [0, 0.1) is 0 Å². The van der Waals surface area contributed by atoms with Crippen molar-refractivity contribution in [1.82, 2.24) is 24.5 Å². The molecule has 13 heteroatoms.